The zero-order valence-electron chi connectivity index (χ0n) is 16.1. The second-order valence-electron chi connectivity index (χ2n) is 8.20. The van der Waals surface area contributed by atoms with E-state index in [1.165, 1.54) is 0 Å². The van der Waals surface area contributed by atoms with Gasteiger partial charge >= 0.3 is 6.92 Å². The van der Waals surface area contributed by atoms with Crippen molar-refractivity contribution in [2.24, 2.45) is 5.92 Å². The molecule has 7 nitrogen and oxygen atoms in total. The van der Waals surface area contributed by atoms with Crippen molar-refractivity contribution in [2.75, 3.05) is 6.54 Å². The summed E-state index contributed by atoms with van der Waals surface area (Å²) in [5.41, 5.74) is 2.30. The fraction of sp³-hybridized carbons (Fsp3) is 0.550. The number of amides is 3. The average molecular weight is 383 g/mol. The predicted molar refractivity (Wildman–Crippen MR) is 104 cm³/mol. The monoisotopic (exact) mass is 383 g/mol. The molecular weight excluding hydrogens is 357 g/mol. The van der Waals surface area contributed by atoms with Crippen molar-refractivity contribution in [3.63, 3.8) is 0 Å². The lowest BCUT2D eigenvalue weighted by Gasteiger charge is -2.27. The number of carbonyl (C=O) groups is 3. The second-order valence-corrected chi connectivity index (χ2v) is 8.20. The maximum Gasteiger partial charge on any atom is 0.309 e. The number of fused-ring (bicyclic) bond motifs is 1. The van der Waals surface area contributed by atoms with Gasteiger partial charge in [-0.25, -0.2) is 0 Å². The van der Waals surface area contributed by atoms with Crippen molar-refractivity contribution < 1.29 is 19.4 Å². The number of hydrogen-bond donors (Lipinski definition) is 2. The van der Waals surface area contributed by atoms with Gasteiger partial charge in [0.1, 0.15) is 6.04 Å². The van der Waals surface area contributed by atoms with Gasteiger partial charge in [-0.05, 0) is 30.4 Å². The summed E-state index contributed by atoms with van der Waals surface area (Å²) in [4.78, 5) is 41.4. The Morgan fingerprint density at radius 2 is 1.93 bits per heavy atom. The Kier molecular flexibility index (Phi) is 5.14. The molecule has 28 heavy (non-hydrogen) atoms. The Morgan fingerprint density at radius 1 is 1.25 bits per heavy atom. The van der Waals surface area contributed by atoms with Crippen molar-refractivity contribution in [3.05, 3.63) is 35.4 Å². The number of carbonyl (C=O) groups excluding carboxylic acids is 3. The lowest BCUT2D eigenvalue weighted by molar-refractivity contribution is -0.135. The van der Waals surface area contributed by atoms with Gasteiger partial charge in [-0.2, -0.15) is 0 Å². The molecule has 1 aromatic carbocycles. The van der Waals surface area contributed by atoms with E-state index >= 15 is 0 Å². The van der Waals surface area contributed by atoms with Crippen molar-refractivity contribution in [3.8, 4) is 0 Å². The fourth-order valence-electron chi connectivity index (χ4n) is 4.70. The first-order chi connectivity index (χ1) is 13.4. The third-order valence-electron chi connectivity index (χ3n) is 6.26. The first-order valence-electron chi connectivity index (χ1n) is 10.1. The summed E-state index contributed by atoms with van der Waals surface area (Å²) < 4.78 is 0. The van der Waals surface area contributed by atoms with E-state index in [4.69, 9.17) is 0 Å². The van der Waals surface area contributed by atoms with Crippen LogP contribution in [0.3, 0.4) is 0 Å². The van der Waals surface area contributed by atoms with Crippen LogP contribution in [-0.4, -0.2) is 58.0 Å². The van der Waals surface area contributed by atoms with E-state index in [1.807, 2.05) is 24.3 Å². The lowest BCUT2D eigenvalue weighted by Crippen LogP contribution is -2.50. The van der Waals surface area contributed by atoms with E-state index in [-0.39, 0.29) is 30.1 Å². The molecule has 3 heterocycles. The number of rotatable bonds is 4. The average Bonchev–Trinajstić information content (AvgIpc) is 3.39. The molecule has 0 aliphatic carbocycles. The van der Waals surface area contributed by atoms with Crippen molar-refractivity contribution in [2.45, 2.75) is 57.6 Å². The Bertz CT molecular complexity index is 774. The molecule has 1 aromatic rings. The van der Waals surface area contributed by atoms with Gasteiger partial charge in [-0.1, -0.05) is 31.1 Å². The highest BCUT2D eigenvalue weighted by Crippen LogP contribution is 2.28. The maximum absolute atomic E-state index is 12.8. The minimum atomic E-state index is -0.597. The van der Waals surface area contributed by atoms with Gasteiger partial charge in [-0.3, -0.25) is 14.4 Å². The first kappa shape index (κ1) is 19.0. The summed E-state index contributed by atoms with van der Waals surface area (Å²) >= 11 is 0. The van der Waals surface area contributed by atoms with Crippen LogP contribution in [0.2, 0.25) is 6.82 Å². The molecule has 0 aromatic heterocycles. The minimum Gasteiger partial charge on any atom is -0.449 e. The molecule has 0 radical (unpaired) electrons. The van der Waals surface area contributed by atoms with Crippen LogP contribution >= 0.6 is 0 Å². The van der Waals surface area contributed by atoms with E-state index in [0.29, 0.717) is 26.1 Å². The van der Waals surface area contributed by atoms with Gasteiger partial charge < -0.3 is 20.1 Å². The number of likely N-dealkylation sites (tertiary alicyclic amines) is 1. The minimum absolute atomic E-state index is 0.0486. The highest BCUT2D eigenvalue weighted by Gasteiger charge is 2.43. The van der Waals surface area contributed by atoms with Crippen LogP contribution in [0, 0.1) is 5.92 Å². The van der Waals surface area contributed by atoms with Crippen molar-refractivity contribution >= 4 is 24.6 Å². The molecule has 3 aliphatic heterocycles. The van der Waals surface area contributed by atoms with E-state index in [2.05, 4.69) is 5.32 Å². The second kappa shape index (κ2) is 7.58. The van der Waals surface area contributed by atoms with Gasteiger partial charge in [0, 0.05) is 37.9 Å². The molecule has 0 spiro atoms. The molecule has 3 amide bonds. The van der Waals surface area contributed by atoms with Crippen LogP contribution in [0.5, 0.6) is 0 Å². The third kappa shape index (κ3) is 3.53. The normalized spacial score (nSPS) is 26.4. The summed E-state index contributed by atoms with van der Waals surface area (Å²) in [6.07, 6.45) is 2.11. The highest BCUT2D eigenvalue weighted by molar-refractivity contribution is 6.51. The molecule has 0 bridgehead atoms. The van der Waals surface area contributed by atoms with E-state index < -0.39 is 18.9 Å². The molecule has 148 valence electrons. The van der Waals surface area contributed by atoms with Crippen LogP contribution in [0.4, 0.5) is 0 Å². The third-order valence-corrected chi connectivity index (χ3v) is 6.26. The van der Waals surface area contributed by atoms with Crippen LogP contribution in [0.1, 0.15) is 36.8 Å². The zero-order valence-corrected chi connectivity index (χ0v) is 16.1. The van der Waals surface area contributed by atoms with Gasteiger partial charge in [0.25, 0.3) is 0 Å². The topological polar surface area (TPSA) is 90.0 Å². The Labute approximate surface area is 165 Å². The predicted octanol–water partition coefficient (Wildman–Crippen LogP) is 0.567. The molecule has 8 heteroatoms. The van der Waals surface area contributed by atoms with Crippen LogP contribution in [-0.2, 0) is 27.5 Å². The van der Waals surface area contributed by atoms with E-state index in [1.54, 1.807) is 16.6 Å². The van der Waals surface area contributed by atoms with Crippen molar-refractivity contribution in [1.82, 2.24) is 15.1 Å². The maximum atomic E-state index is 12.8. The Balaban J connectivity index is 1.35. The van der Waals surface area contributed by atoms with Crippen LogP contribution in [0.25, 0.3) is 0 Å². The van der Waals surface area contributed by atoms with Gasteiger partial charge in [0.15, 0.2) is 0 Å². The molecule has 0 unspecified atom stereocenters. The molecule has 0 saturated carbocycles. The molecule has 2 fully saturated rings. The lowest BCUT2D eigenvalue weighted by atomic mass is 9.62. The Hall–Kier alpha value is -2.35. The van der Waals surface area contributed by atoms with E-state index in [0.717, 1.165) is 24.0 Å². The largest absolute Gasteiger partial charge is 0.449 e. The number of nitrogens with zero attached hydrogens (tertiary/aromatic N) is 2. The van der Waals surface area contributed by atoms with Crippen LogP contribution < -0.4 is 5.32 Å². The molecule has 2 N–H and O–H groups in total. The van der Waals surface area contributed by atoms with E-state index in [9.17, 15) is 19.4 Å². The van der Waals surface area contributed by atoms with Crippen molar-refractivity contribution in [1.29, 1.82) is 0 Å². The molecular formula is C20H26BN3O4. The number of hydrogen-bond acceptors (Lipinski definition) is 4. The number of benzene rings is 1. The summed E-state index contributed by atoms with van der Waals surface area (Å²) in [6, 6.07) is 7.38. The van der Waals surface area contributed by atoms with Gasteiger partial charge in [0.05, 0.1) is 0 Å². The molecule has 4 rings (SSSR count). The highest BCUT2D eigenvalue weighted by atomic mass is 16.2. The summed E-state index contributed by atoms with van der Waals surface area (Å²) in [5, 5.41) is 12.7. The first-order valence-corrected chi connectivity index (χ1v) is 10.1. The van der Waals surface area contributed by atoms with Crippen LogP contribution in [0.15, 0.2) is 24.3 Å². The number of nitrogens with one attached hydrogen (secondary N) is 1. The summed E-state index contributed by atoms with van der Waals surface area (Å²) in [6.45, 7) is 2.87. The van der Waals surface area contributed by atoms with Gasteiger partial charge in [0.2, 0.25) is 17.7 Å². The molecule has 3 atom stereocenters. The standard InChI is InChI=1S/C20H26BN3O4/c1-21(28)17-7-4-8-24(17)20(27)16-9-15(19(26)22-16)10-18(25)23-11-13-5-2-3-6-14(13)12-23/h2-3,5-6,15-17,28H,4,7-12H2,1H3,(H,22,26)/t15-,16-,17-/m0/s1. The zero-order chi connectivity index (χ0) is 19.8. The SMILES string of the molecule is CB(O)[C@@H]1CCCN1C(=O)[C@@H]1C[C@@H](CC(=O)N2Cc3ccccc3C2)C(=O)N1. The Morgan fingerprint density at radius 3 is 2.57 bits per heavy atom. The molecule has 3 aliphatic rings. The quantitative estimate of drug-likeness (QED) is 0.744. The van der Waals surface area contributed by atoms with Gasteiger partial charge in [-0.15, -0.1) is 0 Å². The molecule has 2 saturated heterocycles. The smallest absolute Gasteiger partial charge is 0.309 e. The fourth-order valence-corrected chi connectivity index (χ4v) is 4.70. The summed E-state index contributed by atoms with van der Waals surface area (Å²) in [7, 11) is 0. The summed E-state index contributed by atoms with van der Waals surface area (Å²) in [5.74, 6) is -1.07.